The van der Waals surface area contributed by atoms with Gasteiger partial charge in [0.25, 0.3) is 0 Å². The van der Waals surface area contributed by atoms with Gasteiger partial charge in [0.1, 0.15) is 0 Å². The zero-order valence-electron chi connectivity index (χ0n) is 12.8. The van der Waals surface area contributed by atoms with E-state index in [0.717, 1.165) is 11.1 Å². The molecular formula is C18H17N3O2. The summed E-state index contributed by atoms with van der Waals surface area (Å²) in [6.45, 7) is 1.51. The van der Waals surface area contributed by atoms with Gasteiger partial charge in [0.05, 0.1) is 12.5 Å². The predicted molar refractivity (Wildman–Crippen MR) is 88.2 cm³/mol. The minimum absolute atomic E-state index is 0.0857. The van der Waals surface area contributed by atoms with Crippen LogP contribution in [0.2, 0.25) is 0 Å². The fourth-order valence-corrected chi connectivity index (χ4v) is 2.74. The maximum absolute atomic E-state index is 12.4. The van der Waals surface area contributed by atoms with Crippen molar-refractivity contribution in [2.24, 2.45) is 0 Å². The van der Waals surface area contributed by atoms with E-state index < -0.39 is 0 Å². The third-order valence-corrected chi connectivity index (χ3v) is 3.81. The normalized spacial score (nSPS) is 15.9. The quantitative estimate of drug-likeness (QED) is 0.948. The number of nitrogens with one attached hydrogen (secondary N) is 1. The molecule has 0 saturated heterocycles. The van der Waals surface area contributed by atoms with E-state index in [2.05, 4.69) is 10.3 Å². The third kappa shape index (κ3) is 3.29. The topological polar surface area (TPSA) is 62.3 Å². The molecule has 5 heteroatoms. The fraction of sp³-hybridized carbons (Fsp3) is 0.167. The lowest BCUT2D eigenvalue weighted by Crippen LogP contribution is -2.33. The molecule has 2 aromatic rings. The first-order valence-electron chi connectivity index (χ1n) is 7.41. The Morgan fingerprint density at radius 1 is 1.17 bits per heavy atom. The molecule has 1 aromatic heterocycles. The number of fused-ring (bicyclic) bond motifs is 1. The Morgan fingerprint density at radius 2 is 1.91 bits per heavy atom. The SMILES string of the molecule is CC(=O)N1C=Cc2ccccc2C1CC(=O)Nc1ccncc1. The van der Waals surface area contributed by atoms with Gasteiger partial charge in [-0.3, -0.25) is 14.6 Å². The Morgan fingerprint density at radius 3 is 2.65 bits per heavy atom. The molecule has 1 aromatic carbocycles. The van der Waals surface area contributed by atoms with Gasteiger partial charge in [-0.2, -0.15) is 0 Å². The van der Waals surface area contributed by atoms with Crippen molar-refractivity contribution in [3.05, 3.63) is 66.1 Å². The molecular weight excluding hydrogens is 290 g/mol. The number of carbonyl (C=O) groups excluding carboxylic acids is 2. The number of nitrogens with zero attached hydrogens (tertiary/aromatic N) is 2. The number of benzene rings is 1. The summed E-state index contributed by atoms with van der Waals surface area (Å²) in [5.74, 6) is -0.227. The molecule has 0 saturated carbocycles. The van der Waals surface area contributed by atoms with E-state index in [-0.39, 0.29) is 24.3 Å². The van der Waals surface area contributed by atoms with Crippen molar-refractivity contribution in [1.29, 1.82) is 0 Å². The lowest BCUT2D eigenvalue weighted by molar-refractivity contribution is -0.129. The summed E-state index contributed by atoms with van der Waals surface area (Å²) in [4.78, 5) is 29.8. The number of hydrogen-bond donors (Lipinski definition) is 1. The van der Waals surface area contributed by atoms with Crippen LogP contribution in [-0.4, -0.2) is 21.7 Å². The molecule has 5 nitrogen and oxygen atoms in total. The zero-order valence-corrected chi connectivity index (χ0v) is 12.8. The smallest absolute Gasteiger partial charge is 0.226 e. The van der Waals surface area contributed by atoms with Crippen molar-refractivity contribution >= 4 is 23.6 Å². The van der Waals surface area contributed by atoms with Crippen LogP contribution < -0.4 is 5.32 Å². The molecule has 1 aliphatic heterocycles. The van der Waals surface area contributed by atoms with Gasteiger partial charge >= 0.3 is 0 Å². The molecule has 3 rings (SSSR count). The molecule has 0 bridgehead atoms. The van der Waals surface area contributed by atoms with E-state index in [0.29, 0.717) is 5.69 Å². The van der Waals surface area contributed by atoms with Gasteiger partial charge in [0.15, 0.2) is 0 Å². The first kappa shape index (κ1) is 15.0. The number of hydrogen-bond acceptors (Lipinski definition) is 3. The van der Waals surface area contributed by atoms with Crippen LogP contribution in [0.1, 0.15) is 30.5 Å². The molecule has 1 atom stereocenters. The maximum atomic E-state index is 12.4. The molecule has 2 heterocycles. The van der Waals surface area contributed by atoms with E-state index in [9.17, 15) is 9.59 Å². The Labute approximate surface area is 134 Å². The summed E-state index contributed by atoms with van der Waals surface area (Å²) < 4.78 is 0. The highest BCUT2D eigenvalue weighted by atomic mass is 16.2. The molecule has 1 N–H and O–H groups in total. The minimum atomic E-state index is -0.296. The minimum Gasteiger partial charge on any atom is -0.326 e. The monoisotopic (exact) mass is 307 g/mol. The number of carbonyl (C=O) groups is 2. The molecule has 23 heavy (non-hydrogen) atoms. The second kappa shape index (κ2) is 6.44. The second-order valence-corrected chi connectivity index (χ2v) is 5.37. The summed E-state index contributed by atoms with van der Waals surface area (Å²) in [7, 11) is 0. The lowest BCUT2D eigenvalue weighted by Gasteiger charge is -2.32. The van der Waals surface area contributed by atoms with Crippen LogP contribution in [0.15, 0.2) is 55.0 Å². The van der Waals surface area contributed by atoms with Crippen LogP contribution in [0.4, 0.5) is 5.69 Å². The number of aromatic nitrogens is 1. The van der Waals surface area contributed by atoms with E-state index in [1.54, 1.807) is 35.6 Å². The predicted octanol–water partition coefficient (Wildman–Crippen LogP) is 2.98. The molecule has 0 radical (unpaired) electrons. The average Bonchev–Trinajstić information content (AvgIpc) is 2.55. The van der Waals surface area contributed by atoms with Gasteiger partial charge in [-0.05, 0) is 29.3 Å². The second-order valence-electron chi connectivity index (χ2n) is 5.37. The number of anilines is 1. The van der Waals surface area contributed by atoms with E-state index in [4.69, 9.17) is 0 Å². The molecule has 0 aliphatic carbocycles. The molecule has 1 unspecified atom stereocenters. The highest BCUT2D eigenvalue weighted by molar-refractivity contribution is 5.92. The van der Waals surface area contributed by atoms with Crippen molar-refractivity contribution in [3.8, 4) is 0 Å². The first-order valence-corrected chi connectivity index (χ1v) is 7.41. The van der Waals surface area contributed by atoms with E-state index in [1.165, 1.54) is 6.92 Å². The highest BCUT2D eigenvalue weighted by Gasteiger charge is 2.28. The summed E-state index contributed by atoms with van der Waals surface area (Å²) >= 11 is 0. The zero-order chi connectivity index (χ0) is 16.2. The fourth-order valence-electron chi connectivity index (χ4n) is 2.74. The average molecular weight is 307 g/mol. The van der Waals surface area contributed by atoms with Crippen molar-refractivity contribution in [2.45, 2.75) is 19.4 Å². The van der Waals surface area contributed by atoms with E-state index in [1.807, 2.05) is 30.3 Å². The van der Waals surface area contributed by atoms with Gasteiger partial charge < -0.3 is 10.2 Å². The van der Waals surface area contributed by atoms with Gasteiger partial charge in [-0.15, -0.1) is 0 Å². The van der Waals surface area contributed by atoms with Gasteiger partial charge in [0, 0.05) is 31.2 Å². The van der Waals surface area contributed by atoms with Crippen LogP contribution >= 0.6 is 0 Å². The van der Waals surface area contributed by atoms with Crippen molar-refractivity contribution in [1.82, 2.24) is 9.88 Å². The molecule has 0 fully saturated rings. The summed E-state index contributed by atoms with van der Waals surface area (Å²) in [6, 6.07) is 11.0. The molecule has 2 amide bonds. The Hall–Kier alpha value is -2.95. The van der Waals surface area contributed by atoms with Crippen LogP contribution in [0.5, 0.6) is 0 Å². The lowest BCUT2D eigenvalue weighted by atomic mass is 9.93. The number of rotatable bonds is 3. The number of amides is 2. The number of pyridine rings is 1. The molecule has 0 spiro atoms. The van der Waals surface area contributed by atoms with Crippen molar-refractivity contribution in [3.63, 3.8) is 0 Å². The summed E-state index contributed by atoms with van der Waals surface area (Å²) in [5.41, 5.74) is 2.71. The molecule has 1 aliphatic rings. The van der Waals surface area contributed by atoms with Gasteiger partial charge in [-0.25, -0.2) is 0 Å². The maximum Gasteiger partial charge on any atom is 0.226 e. The highest BCUT2D eigenvalue weighted by Crippen LogP contribution is 2.33. The summed E-state index contributed by atoms with van der Waals surface area (Å²) in [5, 5.41) is 2.84. The molecule has 116 valence electrons. The Balaban J connectivity index is 1.82. The van der Waals surface area contributed by atoms with Gasteiger partial charge in [0.2, 0.25) is 11.8 Å². The summed E-state index contributed by atoms with van der Waals surface area (Å²) in [6.07, 6.45) is 7.08. The van der Waals surface area contributed by atoms with Crippen LogP contribution in [-0.2, 0) is 9.59 Å². The van der Waals surface area contributed by atoms with Gasteiger partial charge in [-0.1, -0.05) is 24.3 Å². The van der Waals surface area contributed by atoms with E-state index >= 15 is 0 Å². The standard InChI is InChI=1S/C18H17N3O2/c1-13(22)21-11-8-14-4-2-3-5-16(14)17(21)12-18(23)20-15-6-9-19-10-7-15/h2-11,17H,12H2,1H3,(H,19,20,23). The Kier molecular flexibility index (Phi) is 4.19. The Bertz CT molecular complexity index is 756. The largest absolute Gasteiger partial charge is 0.326 e. The van der Waals surface area contributed by atoms with Crippen LogP contribution in [0.3, 0.4) is 0 Å². The third-order valence-electron chi connectivity index (χ3n) is 3.81. The van der Waals surface area contributed by atoms with Crippen molar-refractivity contribution in [2.75, 3.05) is 5.32 Å². The van der Waals surface area contributed by atoms with Crippen LogP contribution in [0.25, 0.3) is 6.08 Å². The van der Waals surface area contributed by atoms with Crippen molar-refractivity contribution < 1.29 is 9.59 Å². The first-order chi connectivity index (χ1) is 11.1. The van der Waals surface area contributed by atoms with Crippen LogP contribution in [0, 0.1) is 0 Å².